The van der Waals surface area contributed by atoms with Gasteiger partial charge in [-0.2, -0.15) is 0 Å². The number of nitrogens with one attached hydrogen (secondary N) is 2. The van der Waals surface area contributed by atoms with Crippen LogP contribution in [0.2, 0.25) is 10.0 Å². The Labute approximate surface area is 186 Å². The van der Waals surface area contributed by atoms with Gasteiger partial charge in [-0.05, 0) is 62.7 Å². The van der Waals surface area contributed by atoms with E-state index in [0.717, 1.165) is 0 Å². The Kier molecular flexibility index (Phi) is 8.57. The van der Waals surface area contributed by atoms with E-state index in [4.69, 9.17) is 32.7 Å². The fourth-order valence-corrected chi connectivity index (χ4v) is 3.06. The summed E-state index contributed by atoms with van der Waals surface area (Å²) in [7, 11) is 1.51. The fourth-order valence-electron chi connectivity index (χ4n) is 2.60. The summed E-state index contributed by atoms with van der Waals surface area (Å²) in [6, 6.07) is 8.07. The second-order valence-corrected chi connectivity index (χ2v) is 7.43. The van der Waals surface area contributed by atoms with Gasteiger partial charge in [-0.1, -0.05) is 23.2 Å². The van der Waals surface area contributed by atoms with Gasteiger partial charge in [0.25, 0.3) is 5.91 Å². The second-order valence-electron chi connectivity index (χ2n) is 6.61. The monoisotopic (exact) mass is 450 g/mol. The van der Waals surface area contributed by atoms with Crippen molar-refractivity contribution in [2.24, 2.45) is 0 Å². The van der Waals surface area contributed by atoms with Crippen molar-refractivity contribution in [1.29, 1.82) is 0 Å². The van der Waals surface area contributed by atoms with Crippen LogP contribution in [0.15, 0.2) is 36.4 Å². The molecule has 2 rings (SSSR count). The quantitative estimate of drug-likeness (QED) is 0.542. The number of carbonyl (C=O) groups is 2. The zero-order valence-electron chi connectivity index (χ0n) is 17.2. The van der Waals surface area contributed by atoms with Crippen molar-refractivity contribution in [1.82, 2.24) is 5.32 Å². The van der Waals surface area contributed by atoms with Crippen LogP contribution in [0.3, 0.4) is 0 Å². The predicted molar refractivity (Wildman–Crippen MR) is 121 cm³/mol. The minimum Gasteiger partial charge on any atom is -0.491 e. The number of hydrogen-bond donors (Lipinski definition) is 2. The zero-order chi connectivity index (χ0) is 22.3. The lowest BCUT2D eigenvalue weighted by Crippen LogP contribution is -2.30. The van der Waals surface area contributed by atoms with Gasteiger partial charge in [0.2, 0.25) is 5.91 Å². The van der Waals surface area contributed by atoms with Crippen LogP contribution in [0.5, 0.6) is 11.5 Å². The van der Waals surface area contributed by atoms with E-state index >= 15 is 0 Å². The normalized spacial score (nSPS) is 10.9. The molecule has 6 nitrogen and oxygen atoms in total. The Morgan fingerprint density at radius 2 is 1.87 bits per heavy atom. The smallest absolute Gasteiger partial charge is 0.251 e. The molecule has 0 atom stereocenters. The zero-order valence-corrected chi connectivity index (χ0v) is 18.7. The molecule has 0 bridgehead atoms. The van der Waals surface area contributed by atoms with Gasteiger partial charge in [0.05, 0.1) is 29.4 Å². The highest BCUT2D eigenvalue weighted by Gasteiger charge is 2.12. The molecule has 2 aromatic carbocycles. The molecule has 2 amide bonds. The number of amides is 2. The first-order valence-corrected chi connectivity index (χ1v) is 10.1. The minimum atomic E-state index is -0.414. The minimum absolute atomic E-state index is 0.00736. The summed E-state index contributed by atoms with van der Waals surface area (Å²) in [5.41, 5.74) is 1.40. The Morgan fingerprint density at radius 3 is 2.50 bits per heavy atom. The van der Waals surface area contributed by atoms with E-state index in [1.165, 1.54) is 19.3 Å². The van der Waals surface area contributed by atoms with Gasteiger partial charge >= 0.3 is 0 Å². The molecule has 0 aromatic heterocycles. The van der Waals surface area contributed by atoms with E-state index in [9.17, 15) is 9.59 Å². The number of halogens is 2. The maximum atomic E-state index is 12.4. The van der Waals surface area contributed by atoms with Gasteiger partial charge in [0, 0.05) is 17.7 Å². The molecule has 8 heteroatoms. The predicted octanol–water partition coefficient (Wildman–Crippen LogP) is 5.19. The van der Waals surface area contributed by atoms with Gasteiger partial charge in [0.15, 0.2) is 11.5 Å². The topological polar surface area (TPSA) is 76.7 Å². The molecule has 0 fully saturated rings. The van der Waals surface area contributed by atoms with Crippen molar-refractivity contribution in [2.45, 2.75) is 26.8 Å². The number of anilines is 1. The summed E-state index contributed by atoms with van der Waals surface area (Å²) in [6.07, 6.45) is 2.93. The summed E-state index contributed by atoms with van der Waals surface area (Å²) in [4.78, 5) is 24.5. The van der Waals surface area contributed by atoms with Gasteiger partial charge in [-0.15, -0.1) is 0 Å². The largest absolute Gasteiger partial charge is 0.491 e. The molecule has 0 saturated carbocycles. The lowest BCUT2D eigenvalue weighted by molar-refractivity contribution is -0.111. The molecule has 0 unspecified atom stereocenters. The third-order valence-corrected chi connectivity index (χ3v) is 4.48. The van der Waals surface area contributed by atoms with E-state index in [2.05, 4.69) is 10.6 Å². The van der Waals surface area contributed by atoms with Crippen LogP contribution in [0.4, 0.5) is 5.69 Å². The average molecular weight is 451 g/mol. The van der Waals surface area contributed by atoms with E-state index in [0.29, 0.717) is 45.0 Å². The fraction of sp³-hybridized carbons (Fsp3) is 0.273. The average Bonchev–Trinajstić information content (AvgIpc) is 2.67. The van der Waals surface area contributed by atoms with Crippen molar-refractivity contribution in [2.75, 3.05) is 19.0 Å². The molecule has 160 valence electrons. The van der Waals surface area contributed by atoms with Crippen molar-refractivity contribution >= 4 is 46.8 Å². The third kappa shape index (κ3) is 6.40. The van der Waals surface area contributed by atoms with E-state index in [1.54, 1.807) is 30.3 Å². The van der Waals surface area contributed by atoms with Gasteiger partial charge < -0.3 is 20.1 Å². The summed E-state index contributed by atoms with van der Waals surface area (Å²) >= 11 is 12.4. The van der Waals surface area contributed by atoms with Crippen LogP contribution in [0.25, 0.3) is 6.08 Å². The first kappa shape index (κ1) is 23.6. The highest BCUT2D eigenvalue weighted by molar-refractivity contribution is 6.34. The Bertz CT molecular complexity index is 958. The standard InChI is InChI=1S/C22H24Cl2N2O4/c1-5-30-19-11-14(10-17(24)21(19)29-4)6-9-20(27)26-18-12-15(7-8-16(18)23)22(28)25-13(2)3/h6-13H,5H2,1-4H3,(H,25,28)(H,26,27)/b9-6+. The number of benzene rings is 2. The lowest BCUT2D eigenvalue weighted by atomic mass is 10.1. The summed E-state index contributed by atoms with van der Waals surface area (Å²) in [5, 5.41) is 6.17. The highest BCUT2D eigenvalue weighted by Crippen LogP contribution is 2.36. The molecule has 2 aromatic rings. The molecule has 0 heterocycles. The van der Waals surface area contributed by atoms with Crippen molar-refractivity contribution in [3.05, 3.63) is 57.6 Å². The molecule has 0 aliphatic rings. The molecule has 0 radical (unpaired) electrons. The maximum Gasteiger partial charge on any atom is 0.251 e. The van der Waals surface area contributed by atoms with Crippen molar-refractivity contribution in [3.63, 3.8) is 0 Å². The summed E-state index contributed by atoms with van der Waals surface area (Å²) < 4.78 is 10.8. The van der Waals surface area contributed by atoms with E-state index < -0.39 is 5.91 Å². The molecule has 0 aliphatic heterocycles. The summed E-state index contributed by atoms with van der Waals surface area (Å²) in [5.74, 6) is 0.259. The first-order chi connectivity index (χ1) is 14.2. The van der Waals surface area contributed by atoms with E-state index in [-0.39, 0.29) is 11.9 Å². The van der Waals surface area contributed by atoms with Crippen LogP contribution in [0, 0.1) is 0 Å². The van der Waals surface area contributed by atoms with Crippen molar-refractivity contribution < 1.29 is 19.1 Å². The van der Waals surface area contributed by atoms with Gasteiger partial charge in [-0.25, -0.2) is 0 Å². The Morgan fingerprint density at radius 1 is 1.13 bits per heavy atom. The van der Waals surface area contributed by atoms with Crippen LogP contribution >= 0.6 is 23.2 Å². The van der Waals surface area contributed by atoms with E-state index in [1.807, 2.05) is 20.8 Å². The third-order valence-electron chi connectivity index (χ3n) is 3.87. The second kappa shape index (κ2) is 10.9. The molecule has 0 spiro atoms. The molecule has 0 saturated heterocycles. The molecule has 30 heavy (non-hydrogen) atoms. The first-order valence-electron chi connectivity index (χ1n) is 9.35. The van der Waals surface area contributed by atoms with Crippen LogP contribution in [0.1, 0.15) is 36.7 Å². The summed E-state index contributed by atoms with van der Waals surface area (Å²) in [6.45, 7) is 6.02. The Balaban J connectivity index is 2.17. The number of methoxy groups -OCH3 is 1. The van der Waals surface area contributed by atoms with Crippen LogP contribution in [-0.4, -0.2) is 31.6 Å². The maximum absolute atomic E-state index is 12.4. The molecule has 0 aliphatic carbocycles. The number of rotatable bonds is 8. The number of carbonyl (C=O) groups excluding carboxylic acids is 2. The van der Waals surface area contributed by atoms with Crippen LogP contribution < -0.4 is 20.1 Å². The molecular formula is C22H24Cl2N2O4. The Hall–Kier alpha value is -2.70. The van der Waals surface area contributed by atoms with Crippen molar-refractivity contribution in [3.8, 4) is 11.5 Å². The molecule has 2 N–H and O–H groups in total. The number of ether oxygens (including phenoxy) is 2. The van der Waals surface area contributed by atoms with Gasteiger partial charge in [-0.3, -0.25) is 9.59 Å². The lowest BCUT2D eigenvalue weighted by Gasteiger charge is -2.12. The number of hydrogen-bond acceptors (Lipinski definition) is 4. The SMILES string of the molecule is CCOc1cc(/C=C/C(=O)Nc2cc(C(=O)NC(C)C)ccc2Cl)cc(Cl)c1OC. The molecular weight excluding hydrogens is 427 g/mol. The van der Waals surface area contributed by atoms with Crippen LogP contribution in [-0.2, 0) is 4.79 Å². The van der Waals surface area contributed by atoms with Gasteiger partial charge in [0.1, 0.15) is 0 Å². The highest BCUT2D eigenvalue weighted by atomic mass is 35.5.